The second-order valence-electron chi connectivity index (χ2n) is 7.61. The quantitative estimate of drug-likeness (QED) is 0.587. The predicted octanol–water partition coefficient (Wildman–Crippen LogP) is 2.27. The van der Waals surface area contributed by atoms with Crippen molar-refractivity contribution in [3.05, 3.63) is 24.3 Å². The number of nitrogens with zero attached hydrogens (tertiary/aromatic N) is 4. The number of rotatable bonds is 7. The Morgan fingerprint density at radius 2 is 1.89 bits per heavy atom. The smallest absolute Gasteiger partial charge is 0.194 e. The molecular formula is C21H35N5O. The summed E-state index contributed by atoms with van der Waals surface area (Å²) in [4.78, 5) is 12.3. The summed E-state index contributed by atoms with van der Waals surface area (Å²) in [5.74, 6) is 1.96. The number of piperazine rings is 1. The van der Waals surface area contributed by atoms with Gasteiger partial charge in [0.1, 0.15) is 5.75 Å². The standard InChI is InChI=1S/C21H35N5O/c1-5-22-21(23-16-17(2)24(3)18-6-7-18)26-14-12-25(13-15-26)19-8-10-20(27-4)11-9-19/h8-11,17-18H,5-7,12-16H2,1-4H3,(H,22,23). The van der Waals surface area contributed by atoms with Crippen LogP contribution in [0, 0.1) is 0 Å². The van der Waals surface area contributed by atoms with E-state index in [0.29, 0.717) is 6.04 Å². The molecule has 150 valence electrons. The number of aliphatic imine (C=N–C) groups is 1. The summed E-state index contributed by atoms with van der Waals surface area (Å²) in [7, 11) is 3.94. The minimum atomic E-state index is 0.492. The number of methoxy groups -OCH3 is 1. The number of nitrogens with one attached hydrogen (secondary N) is 1. The van der Waals surface area contributed by atoms with Crippen molar-refractivity contribution in [1.29, 1.82) is 0 Å². The van der Waals surface area contributed by atoms with E-state index in [1.165, 1.54) is 18.5 Å². The van der Waals surface area contributed by atoms with E-state index in [1.54, 1.807) is 7.11 Å². The maximum absolute atomic E-state index is 5.26. The SMILES string of the molecule is CCNC(=NCC(C)N(C)C1CC1)N1CCN(c2ccc(OC)cc2)CC1. The molecule has 1 heterocycles. The van der Waals surface area contributed by atoms with E-state index >= 15 is 0 Å². The summed E-state index contributed by atoms with van der Waals surface area (Å²) in [6.45, 7) is 10.2. The number of likely N-dealkylation sites (N-methyl/N-ethyl adjacent to an activating group) is 1. The molecule has 1 atom stereocenters. The zero-order chi connectivity index (χ0) is 19.2. The van der Waals surface area contributed by atoms with Crippen LogP contribution in [0.5, 0.6) is 5.75 Å². The highest BCUT2D eigenvalue weighted by Crippen LogP contribution is 2.27. The van der Waals surface area contributed by atoms with Gasteiger partial charge in [0.25, 0.3) is 0 Å². The molecule has 1 saturated carbocycles. The van der Waals surface area contributed by atoms with Gasteiger partial charge in [-0.15, -0.1) is 0 Å². The van der Waals surface area contributed by atoms with Gasteiger partial charge >= 0.3 is 0 Å². The third-order valence-corrected chi connectivity index (χ3v) is 5.68. The summed E-state index contributed by atoms with van der Waals surface area (Å²) in [6.07, 6.45) is 2.69. The van der Waals surface area contributed by atoms with Gasteiger partial charge in [-0.2, -0.15) is 0 Å². The highest BCUT2D eigenvalue weighted by Gasteiger charge is 2.29. The molecule has 0 amide bonds. The van der Waals surface area contributed by atoms with Crippen LogP contribution < -0.4 is 15.0 Å². The summed E-state index contributed by atoms with van der Waals surface area (Å²) in [5, 5.41) is 3.48. The first-order valence-electron chi connectivity index (χ1n) is 10.3. The molecule has 1 aromatic rings. The first-order valence-corrected chi connectivity index (χ1v) is 10.3. The van der Waals surface area contributed by atoms with Gasteiger partial charge in [0.2, 0.25) is 0 Å². The Balaban J connectivity index is 1.54. The van der Waals surface area contributed by atoms with Gasteiger partial charge in [0.05, 0.1) is 13.7 Å². The third-order valence-electron chi connectivity index (χ3n) is 5.68. The topological polar surface area (TPSA) is 43.3 Å². The van der Waals surface area contributed by atoms with Crippen LogP contribution in [0.15, 0.2) is 29.3 Å². The molecule has 27 heavy (non-hydrogen) atoms. The van der Waals surface area contributed by atoms with E-state index in [2.05, 4.69) is 53.0 Å². The Hall–Kier alpha value is -1.95. The zero-order valence-corrected chi connectivity index (χ0v) is 17.3. The van der Waals surface area contributed by atoms with Crippen LogP contribution in [0.25, 0.3) is 0 Å². The van der Waals surface area contributed by atoms with Crippen LogP contribution in [-0.2, 0) is 0 Å². The van der Waals surface area contributed by atoms with Crippen LogP contribution >= 0.6 is 0 Å². The highest BCUT2D eigenvalue weighted by molar-refractivity contribution is 5.80. The van der Waals surface area contributed by atoms with Crippen molar-refractivity contribution in [2.24, 2.45) is 4.99 Å². The first-order chi connectivity index (χ1) is 13.1. The lowest BCUT2D eigenvalue weighted by Crippen LogP contribution is -2.52. The molecule has 1 saturated heterocycles. The minimum absolute atomic E-state index is 0.492. The molecule has 1 N–H and O–H groups in total. The largest absolute Gasteiger partial charge is 0.497 e. The van der Waals surface area contributed by atoms with Crippen molar-refractivity contribution in [3.8, 4) is 5.75 Å². The van der Waals surface area contributed by atoms with Gasteiger partial charge in [-0.3, -0.25) is 9.89 Å². The summed E-state index contributed by atoms with van der Waals surface area (Å²) in [6, 6.07) is 9.63. The molecule has 2 aliphatic rings. The average molecular weight is 374 g/mol. The maximum atomic E-state index is 5.26. The lowest BCUT2D eigenvalue weighted by atomic mass is 10.2. The maximum Gasteiger partial charge on any atom is 0.194 e. The molecule has 1 aliphatic heterocycles. The Kier molecular flexibility index (Phi) is 6.83. The van der Waals surface area contributed by atoms with E-state index < -0.39 is 0 Å². The number of benzene rings is 1. The lowest BCUT2D eigenvalue weighted by Gasteiger charge is -2.38. The second kappa shape index (κ2) is 9.31. The van der Waals surface area contributed by atoms with Gasteiger partial charge in [-0.25, -0.2) is 0 Å². The van der Waals surface area contributed by atoms with E-state index in [1.807, 2.05) is 12.1 Å². The van der Waals surface area contributed by atoms with Crippen molar-refractivity contribution in [2.45, 2.75) is 38.8 Å². The fraction of sp³-hybridized carbons (Fsp3) is 0.667. The number of hydrogen-bond acceptors (Lipinski definition) is 4. The molecule has 2 fully saturated rings. The lowest BCUT2D eigenvalue weighted by molar-refractivity contribution is 0.252. The van der Waals surface area contributed by atoms with Crippen LogP contribution in [0.1, 0.15) is 26.7 Å². The van der Waals surface area contributed by atoms with E-state index in [4.69, 9.17) is 9.73 Å². The first kappa shape index (κ1) is 19.8. The summed E-state index contributed by atoms with van der Waals surface area (Å²) in [5.41, 5.74) is 1.26. The molecule has 1 unspecified atom stereocenters. The van der Waals surface area contributed by atoms with Crippen molar-refractivity contribution in [3.63, 3.8) is 0 Å². The van der Waals surface area contributed by atoms with Gasteiger partial charge in [-0.1, -0.05) is 0 Å². The Labute approximate surface area is 164 Å². The van der Waals surface area contributed by atoms with Gasteiger partial charge in [0, 0.05) is 50.5 Å². The zero-order valence-electron chi connectivity index (χ0n) is 17.3. The van der Waals surface area contributed by atoms with Crippen LogP contribution in [0.3, 0.4) is 0 Å². The normalized spacial score (nSPS) is 19.4. The fourth-order valence-electron chi connectivity index (χ4n) is 3.58. The molecule has 0 spiro atoms. The van der Waals surface area contributed by atoms with Crippen LogP contribution in [-0.4, -0.2) is 81.3 Å². The molecule has 6 heteroatoms. The van der Waals surface area contributed by atoms with Crippen molar-refractivity contribution < 1.29 is 4.74 Å². The van der Waals surface area contributed by atoms with Crippen molar-refractivity contribution in [1.82, 2.24) is 15.1 Å². The molecular weight excluding hydrogens is 338 g/mol. The van der Waals surface area contributed by atoms with Crippen molar-refractivity contribution >= 4 is 11.6 Å². The van der Waals surface area contributed by atoms with Crippen LogP contribution in [0.2, 0.25) is 0 Å². The van der Waals surface area contributed by atoms with Crippen LogP contribution in [0.4, 0.5) is 5.69 Å². The van der Waals surface area contributed by atoms with Gasteiger partial charge in [-0.05, 0) is 58.0 Å². The number of hydrogen-bond donors (Lipinski definition) is 1. The van der Waals surface area contributed by atoms with E-state index in [-0.39, 0.29) is 0 Å². The molecule has 1 aromatic carbocycles. The van der Waals surface area contributed by atoms with E-state index in [9.17, 15) is 0 Å². The molecule has 6 nitrogen and oxygen atoms in total. The molecule has 1 aliphatic carbocycles. The van der Waals surface area contributed by atoms with Crippen molar-refractivity contribution in [2.75, 3.05) is 58.3 Å². The highest BCUT2D eigenvalue weighted by atomic mass is 16.5. The number of ether oxygens (including phenoxy) is 1. The monoisotopic (exact) mass is 373 g/mol. The fourth-order valence-corrected chi connectivity index (χ4v) is 3.58. The van der Waals surface area contributed by atoms with Gasteiger partial charge < -0.3 is 19.9 Å². The summed E-state index contributed by atoms with van der Waals surface area (Å²) < 4.78 is 5.26. The second-order valence-corrected chi connectivity index (χ2v) is 7.61. The molecule has 0 radical (unpaired) electrons. The third kappa shape index (κ3) is 5.28. The Morgan fingerprint density at radius 1 is 1.22 bits per heavy atom. The summed E-state index contributed by atoms with van der Waals surface area (Å²) >= 11 is 0. The Bertz CT molecular complexity index is 606. The number of anilines is 1. The molecule has 3 rings (SSSR count). The molecule has 0 bridgehead atoms. The average Bonchev–Trinajstić information content (AvgIpc) is 3.56. The molecule has 0 aromatic heterocycles. The predicted molar refractivity (Wildman–Crippen MR) is 113 cm³/mol. The minimum Gasteiger partial charge on any atom is -0.497 e. The van der Waals surface area contributed by atoms with Gasteiger partial charge in [0.15, 0.2) is 5.96 Å². The van der Waals surface area contributed by atoms with E-state index in [0.717, 1.165) is 57.0 Å². The number of guanidine groups is 1. The Morgan fingerprint density at radius 3 is 2.44 bits per heavy atom.